The molecule has 2 heterocycles. The van der Waals surface area contributed by atoms with E-state index in [1.807, 2.05) is 27.7 Å². The predicted octanol–water partition coefficient (Wildman–Crippen LogP) is 1.58. The molecule has 0 atom stereocenters. The lowest BCUT2D eigenvalue weighted by Gasteiger charge is -2.32. The van der Waals surface area contributed by atoms with Crippen LogP contribution in [0.4, 0.5) is 4.39 Å². The van der Waals surface area contributed by atoms with E-state index in [1.165, 1.54) is 12.4 Å². The normalized spacial score (nSPS) is 21.8. The van der Waals surface area contributed by atoms with E-state index in [0.29, 0.717) is 5.46 Å². The van der Waals surface area contributed by atoms with Gasteiger partial charge in [0, 0.05) is 17.9 Å². The molecule has 17 heavy (non-hydrogen) atoms. The molecule has 92 valence electrons. The Morgan fingerprint density at radius 3 is 2.29 bits per heavy atom. The van der Waals surface area contributed by atoms with Gasteiger partial charge in [0.25, 0.3) is 0 Å². The highest BCUT2D eigenvalue weighted by Gasteiger charge is 2.52. The summed E-state index contributed by atoms with van der Waals surface area (Å²) in [7, 11) is -0.520. The highest BCUT2D eigenvalue weighted by molar-refractivity contribution is 6.62. The van der Waals surface area contributed by atoms with Crippen LogP contribution < -0.4 is 5.46 Å². The Morgan fingerprint density at radius 1 is 1.35 bits per heavy atom. The average Bonchev–Trinajstić information content (AvgIpc) is 2.70. The molecule has 0 aromatic carbocycles. The van der Waals surface area contributed by atoms with Crippen LogP contribution in [0.2, 0.25) is 0 Å². The lowest BCUT2D eigenvalue weighted by atomic mass is 9.82. The van der Waals surface area contributed by atoms with Gasteiger partial charge >= 0.3 is 7.12 Å². The van der Waals surface area contributed by atoms with Crippen molar-refractivity contribution in [1.82, 2.24) is 9.78 Å². The van der Waals surface area contributed by atoms with Crippen molar-refractivity contribution in [3.8, 4) is 0 Å². The van der Waals surface area contributed by atoms with E-state index in [2.05, 4.69) is 11.7 Å². The molecular weight excluding hydrogens is 222 g/mol. The van der Waals surface area contributed by atoms with Crippen molar-refractivity contribution < 1.29 is 13.7 Å². The fourth-order valence-electron chi connectivity index (χ4n) is 1.57. The second-order valence-corrected chi connectivity index (χ2v) is 5.18. The molecule has 0 saturated carbocycles. The maximum absolute atomic E-state index is 12.9. The molecule has 1 aromatic rings. The molecule has 0 aliphatic carbocycles. The third kappa shape index (κ3) is 2.02. The van der Waals surface area contributed by atoms with Gasteiger partial charge in [0.15, 0.2) is 0 Å². The van der Waals surface area contributed by atoms with Crippen LogP contribution in [-0.4, -0.2) is 28.1 Å². The molecule has 0 unspecified atom stereocenters. The van der Waals surface area contributed by atoms with Gasteiger partial charge in [-0.2, -0.15) is 9.49 Å². The number of nitrogens with zero attached hydrogens (tertiary/aromatic N) is 2. The van der Waals surface area contributed by atoms with Gasteiger partial charge in [0.1, 0.15) is 0 Å². The molecule has 0 amide bonds. The number of rotatable bonds is 2. The van der Waals surface area contributed by atoms with E-state index in [-0.39, 0.29) is 0 Å². The van der Waals surface area contributed by atoms with Gasteiger partial charge in [-0.15, -0.1) is 0 Å². The average molecular weight is 238 g/mol. The Morgan fingerprint density at radius 2 is 1.88 bits per heavy atom. The second kappa shape index (κ2) is 3.68. The highest BCUT2D eigenvalue weighted by Crippen LogP contribution is 2.36. The largest absolute Gasteiger partial charge is 0.498 e. The fourth-order valence-corrected chi connectivity index (χ4v) is 1.57. The smallest absolute Gasteiger partial charge is 0.399 e. The first kappa shape index (κ1) is 12.3. The maximum atomic E-state index is 12.9. The van der Waals surface area contributed by atoms with E-state index >= 15 is 0 Å². The molecule has 1 aromatic heterocycles. The molecule has 0 radical (unpaired) electrons. The van der Waals surface area contributed by atoms with Crippen molar-refractivity contribution in [3.63, 3.8) is 0 Å². The van der Waals surface area contributed by atoms with Crippen molar-refractivity contribution in [2.75, 3.05) is 0 Å². The fraction of sp³-hybridized carbons (Fsp3) is 0.545. The molecule has 1 aliphatic rings. The SMILES string of the molecule is C=C(F)n1cc(B2OC(C)(C)C(C)(C)O2)cn1. The Balaban J connectivity index is 2.23. The minimum absolute atomic E-state index is 0.410. The van der Waals surface area contributed by atoms with Crippen molar-refractivity contribution in [2.24, 2.45) is 0 Å². The topological polar surface area (TPSA) is 36.3 Å². The van der Waals surface area contributed by atoms with Crippen molar-refractivity contribution in [2.45, 2.75) is 38.9 Å². The summed E-state index contributed by atoms with van der Waals surface area (Å²) in [5.74, 6) is -0.632. The Labute approximate surface area is 101 Å². The standard InChI is InChI=1S/C11H16BFN2O2/c1-8(13)15-7-9(6-14-15)12-16-10(2,3)11(4,5)17-12/h6-7H,1H2,2-5H3. The Kier molecular flexibility index (Phi) is 2.67. The third-order valence-electron chi connectivity index (χ3n) is 3.38. The number of halogens is 1. The molecule has 0 N–H and O–H groups in total. The Hall–Kier alpha value is -1.14. The third-order valence-corrected chi connectivity index (χ3v) is 3.38. The first-order chi connectivity index (χ1) is 7.73. The van der Waals surface area contributed by atoms with Crippen LogP contribution in [0.15, 0.2) is 19.0 Å². The zero-order valence-electron chi connectivity index (χ0n) is 10.5. The molecule has 1 aliphatic heterocycles. The monoisotopic (exact) mass is 238 g/mol. The maximum Gasteiger partial charge on any atom is 0.498 e. The molecular formula is C11H16BFN2O2. The minimum atomic E-state index is -0.632. The second-order valence-electron chi connectivity index (χ2n) is 5.18. The van der Waals surface area contributed by atoms with Crippen molar-refractivity contribution in [1.29, 1.82) is 0 Å². The van der Waals surface area contributed by atoms with Crippen molar-refractivity contribution >= 4 is 18.5 Å². The molecule has 6 heteroatoms. The van der Waals surface area contributed by atoms with Gasteiger partial charge in [-0.3, -0.25) is 0 Å². The first-order valence-corrected chi connectivity index (χ1v) is 5.48. The lowest BCUT2D eigenvalue weighted by Crippen LogP contribution is -2.41. The van der Waals surface area contributed by atoms with E-state index in [9.17, 15) is 4.39 Å². The summed E-state index contributed by atoms with van der Waals surface area (Å²) in [5.41, 5.74) is -0.138. The summed E-state index contributed by atoms with van der Waals surface area (Å²) in [6.07, 6.45) is 3.04. The quantitative estimate of drug-likeness (QED) is 0.734. The molecule has 1 fully saturated rings. The summed E-state index contributed by atoms with van der Waals surface area (Å²) >= 11 is 0. The van der Waals surface area contributed by atoms with Crippen LogP contribution in [0.1, 0.15) is 27.7 Å². The van der Waals surface area contributed by atoms with E-state index in [0.717, 1.165) is 4.68 Å². The van der Waals surface area contributed by atoms with Crippen LogP contribution >= 0.6 is 0 Å². The van der Waals surface area contributed by atoms with Gasteiger partial charge in [-0.25, -0.2) is 4.68 Å². The van der Waals surface area contributed by atoms with Crippen LogP contribution in [0.3, 0.4) is 0 Å². The summed E-state index contributed by atoms with van der Waals surface area (Å²) in [6.45, 7) is 11.0. The van der Waals surface area contributed by atoms with Gasteiger partial charge in [-0.1, -0.05) is 0 Å². The van der Waals surface area contributed by atoms with E-state index < -0.39 is 24.3 Å². The summed E-state index contributed by atoms with van der Waals surface area (Å²) in [4.78, 5) is 0. The molecule has 2 rings (SSSR count). The van der Waals surface area contributed by atoms with Gasteiger partial charge in [0.05, 0.1) is 11.2 Å². The Bertz CT molecular complexity index is 440. The summed E-state index contributed by atoms with van der Waals surface area (Å²) in [5, 5.41) is 3.84. The van der Waals surface area contributed by atoms with Gasteiger partial charge in [-0.05, 0) is 34.3 Å². The van der Waals surface area contributed by atoms with Gasteiger partial charge in [0.2, 0.25) is 5.95 Å². The molecule has 0 bridgehead atoms. The van der Waals surface area contributed by atoms with Crippen molar-refractivity contribution in [3.05, 3.63) is 19.0 Å². The number of hydrogen-bond donors (Lipinski definition) is 0. The van der Waals surface area contributed by atoms with Gasteiger partial charge < -0.3 is 9.31 Å². The number of aromatic nitrogens is 2. The molecule has 0 spiro atoms. The molecule has 4 nitrogen and oxygen atoms in total. The summed E-state index contributed by atoms with van der Waals surface area (Å²) < 4.78 is 25.5. The van der Waals surface area contributed by atoms with Crippen LogP contribution in [0, 0.1) is 0 Å². The highest BCUT2D eigenvalue weighted by atomic mass is 19.1. The number of hydrogen-bond acceptors (Lipinski definition) is 3. The zero-order valence-corrected chi connectivity index (χ0v) is 10.5. The van der Waals surface area contributed by atoms with Crippen LogP contribution in [-0.2, 0) is 9.31 Å². The van der Waals surface area contributed by atoms with Crippen LogP contribution in [0.25, 0.3) is 5.95 Å². The summed E-state index contributed by atoms with van der Waals surface area (Å²) in [6, 6.07) is 0. The van der Waals surface area contributed by atoms with E-state index in [1.54, 1.807) is 0 Å². The van der Waals surface area contributed by atoms with Crippen LogP contribution in [0.5, 0.6) is 0 Å². The van der Waals surface area contributed by atoms with E-state index in [4.69, 9.17) is 9.31 Å². The molecule has 1 saturated heterocycles. The predicted molar refractivity (Wildman–Crippen MR) is 64.4 cm³/mol. The zero-order chi connectivity index (χ0) is 12.8. The minimum Gasteiger partial charge on any atom is -0.399 e. The lowest BCUT2D eigenvalue weighted by molar-refractivity contribution is 0.00578. The first-order valence-electron chi connectivity index (χ1n) is 5.48.